The van der Waals surface area contributed by atoms with Crippen LogP contribution in [0.5, 0.6) is 0 Å². The zero-order valence-electron chi connectivity index (χ0n) is 9.31. The van der Waals surface area contributed by atoms with Gasteiger partial charge in [-0.05, 0) is 17.7 Å². The molecule has 7 heteroatoms. The fourth-order valence-electron chi connectivity index (χ4n) is 1.24. The highest BCUT2D eigenvalue weighted by Gasteiger charge is 2.22. The molecule has 0 heterocycles. The number of halogens is 3. The molecule has 18 heavy (non-hydrogen) atoms. The smallest absolute Gasteiger partial charge is 0.326 e. The molecule has 0 aromatic heterocycles. The highest BCUT2D eigenvalue weighted by atomic mass is 32.2. The van der Waals surface area contributed by atoms with E-state index in [1.807, 2.05) is 0 Å². The van der Waals surface area contributed by atoms with Crippen molar-refractivity contribution in [1.82, 2.24) is 0 Å². The lowest BCUT2D eigenvalue weighted by Gasteiger charge is -2.03. The van der Waals surface area contributed by atoms with Gasteiger partial charge in [0, 0.05) is 12.6 Å². The van der Waals surface area contributed by atoms with Gasteiger partial charge < -0.3 is 5.73 Å². The normalized spacial score (nSPS) is 13.1. The van der Waals surface area contributed by atoms with E-state index in [0.717, 1.165) is 5.56 Å². The van der Waals surface area contributed by atoms with Gasteiger partial charge in [-0.25, -0.2) is 8.42 Å². The molecule has 0 aliphatic rings. The first-order chi connectivity index (χ1) is 8.24. The summed E-state index contributed by atoms with van der Waals surface area (Å²) >= 11 is 0. The first-order valence-corrected chi connectivity index (χ1v) is 6.66. The molecule has 0 aliphatic carbocycles. The van der Waals surface area contributed by atoms with Crippen molar-refractivity contribution in [2.45, 2.75) is 17.6 Å². The van der Waals surface area contributed by atoms with Crippen molar-refractivity contribution >= 4 is 9.84 Å². The van der Waals surface area contributed by atoms with E-state index in [0.29, 0.717) is 6.08 Å². The lowest BCUT2D eigenvalue weighted by atomic mass is 10.2. The molecule has 1 aromatic carbocycles. The van der Waals surface area contributed by atoms with Gasteiger partial charge in [0.05, 0.1) is 10.6 Å². The summed E-state index contributed by atoms with van der Waals surface area (Å²) < 4.78 is 58.8. The van der Waals surface area contributed by atoms with Crippen molar-refractivity contribution in [3.63, 3.8) is 0 Å². The Morgan fingerprint density at radius 1 is 1.17 bits per heavy atom. The lowest BCUT2D eigenvalue weighted by Crippen LogP contribution is -2.07. The SMILES string of the molecule is NCc1ccc(S(=O)(=O)CC=CC(F)(F)F)cc1. The van der Waals surface area contributed by atoms with Gasteiger partial charge in [0.2, 0.25) is 0 Å². The average molecular weight is 279 g/mol. The molecule has 0 amide bonds. The maximum absolute atomic E-state index is 11.8. The predicted molar refractivity (Wildman–Crippen MR) is 61.6 cm³/mol. The molecule has 0 saturated carbocycles. The molecule has 3 nitrogen and oxygen atoms in total. The van der Waals surface area contributed by atoms with Crippen LogP contribution in [0.3, 0.4) is 0 Å². The Hall–Kier alpha value is -1.34. The van der Waals surface area contributed by atoms with Gasteiger partial charge in [-0.1, -0.05) is 18.2 Å². The van der Waals surface area contributed by atoms with Crippen LogP contribution in [0, 0.1) is 0 Å². The average Bonchev–Trinajstić information content (AvgIpc) is 2.27. The van der Waals surface area contributed by atoms with E-state index < -0.39 is 21.8 Å². The predicted octanol–water partition coefficient (Wildman–Crippen LogP) is 2.04. The fourth-order valence-corrected chi connectivity index (χ4v) is 2.33. The summed E-state index contributed by atoms with van der Waals surface area (Å²) in [7, 11) is -3.74. The van der Waals surface area contributed by atoms with Gasteiger partial charge in [0.15, 0.2) is 9.84 Å². The molecule has 0 bridgehead atoms. The highest BCUT2D eigenvalue weighted by molar-refractivity contribution is 7.91. The Labute approximate surface area is 103 Å². The maximum atomic E-state index is 11.8. The molecule has 100 valence electrons. The summed E-state index contributed by atoms with van der Waals surface area (Å²) in [6.45, 7) is 0.272. The Bertz CT molecular complexity index is 518. The molecule has 0 fully saturated rings. The molecule has 1 rings (SSSR count). The molecular weight excluding hydrogens is 267 g/mol. The minimum Gasteiger partial charge on any atom is -0.326 e. The van der Waals surface area contributed by atoms with Crippen LogP contribution in [0.25, 0.3) is 0 Å². The van der Waals surface area contributed by atoms with Crippen LogP contribution in [0.15, 0.2) is 41.3 Å². The van der Waals surface area contributed by atoms with Crippen molar-refractivity contribution in [2.75, 3.05) is 5.75 Å². The highest BCUT2D eigenvalue weighted by Crippen LogP contribution is 2.17. The molecule has 0 radical (unpaired) electrons. The van der Waals surface area contributed by atoms with Crippen LogP contribution < -0.4 is 5.73 Å². The first kappa shape index (κ1) is 14.7. The van der Waals surface area contributed by atoms with Crippen LogP contribution >= 0.6 is 0 Å². The zero-order chi connectivity index (χ0) is 13.8. The molecule has 0 spiro atoms. The second-order valence-electron chi connectivity index (χ2n) is 3.57. The van der Waals surface area contributed by atoms with Gasteiger partial charge in [-0.15, -0.1) is 0 Å². The number of nitrogens with two attached hydrogens (primary N) is 1. The quantitative estimate of drug-likeness (QED) is 0.858. The van der Waals surface area contributed by atoms with Gasteiger partial charge in [0.25, 0.3) is 0 Å². The third-order valence-electron chi connectivity index (χ3n) is 2.14. The monoisotopic (exact) mass is 279 g/mol. The van der Waals surface area contributed by atoms with E-state index in [-0.39, 0.29) is 17.5 Å². The van der Waals surface area contributed by atoms with Crippen molar-refractivity contribution < 1.29 is 21.6 Å². The third kappa shape index (κ3) is 4.50. The van der Waals surface area contributed by atoms with Crippen LogP contribution in [-0.2, 0) is 16.4 Å². The third-order valence-corrected chi connectivity index (χ3v) is 3.76. The van der Waals surface area contributed by atoms with Crippen LogP contribution in [0.4, 0.5) is 13.2 Å². The number of hydrogen-bond acceptors (Lipinski definition) is 3. The van der Waals surface area contributed by atoms with Crippen molar-refractivity contribution in [2.24, 2.45) is 5.73 Å². The summed E-state index contributed by atoms with van der Waals surface area (Å²) in [6, 6.07) is 5.72. The Morgan fingerprint density at radius 2 is 1.72 bits per heavy atom. The van der Waals surface area contributed by atoms with Crippen molar-refractivity contribution in [1.29, 1.82) is 0 Å². The number of sulfone groups is 1. The molecule has 0 unspecified atom stereocenters. The fraction of sp³-hybridized carbons (Fsp3) is 0.273. The number of benzene rings is 1. The van der Waals surface area contributed by atoms with E-state index in [4.69, 9.17) is 5.73 Å². The lowest BCUT2D eigenvalue weighted by molar-refractivity contribution is -0.0799. The topological polar surface area (TPSA) is 60.2 Å². The maximum Gasteiger partial charge on any atom is 0.409 e. The molecular formula is C11H12F3NO2S. The molecule has 1 aromatic rings. The van der Waals surface area contributed by atoms with Crippen LogP contribution in [0.1, 0.15) is 5.56 Å². The molecule has 0 saturated heterocycles. The second kappa shape index (κ2) is 5.53. The number of allylic oxidation sites excluding steroid dienone is 1. The van der Waals surface area contributed by atoms with E-state index in [9.17, 15) is 21.6 Å². The van der Waals surface area contributed by atoms with E-state index in [1.165, 1.54) is 24.3 Å². The van der Waals surface area contributed by atoms with E-state index in [2.05, 4.69) is 0 Å². The van der Waals surface area contributed by atoms with Crippen molar-refractivity contribution in [3.8, 4) is 0 Å². The Kier molecular flexibility index (Phi) is 4.53. The van der Waals surface area contributed by atoms with Gasteiger partial charge in [0.1, 0.15) is 0 Å². The number of rotatable bonds is 4. The van der Waals surface area contributed by atoms with E-state index in [1.54, 1.807) is 0 Å². The van der Waals surface area contributed by atoms with Gasteiger partial charge in [-0.3, -0.25) is 0 Å². The minimum atomic E-state index is -4.50. The standard InChI is InChI=1S/C11H12F3NO2S/c12-11(13,14)6-1-7-18(16,17)10-4-2-9(8-15)3-5-10/h1-6H,7-8,15H2. The van der Waals surface area contributed by atoms with Gasteiger partial charge in [-0.2, -0.15) is 13.2 Å². The minimum absolute atomic E-state index is 0.0217. The summed E-state index contributed by atoms with van der Waals surface area (Å²) in [5, 5.41) is 0. The van der Waals surface area contributed by atoms with E-state index >= 15 is 0 Å². The van der Waals surface area contributed by atoms with Gasteiger partial charge >= 0.3 is 6.18 Å². The Morgan fingerprint density at radius 3 is 2.17 bits per heavy atom. The summed E-state index contributed by atoms with van der Waals surface area (Å²) in [6.07, 6.45) is -4.00. The molecule has 2 N–H and O–H groups in total. The molecule has 0 aliphatic heterocycles. The summed E-state index contributed by atoms with van der Waals surface area (Å²) in [5.41, 5.74) is 6.10. The summed E-state index contributed by atoms with van der Waals surface area (Å²) in [4.78, 5) is -0.0217. The molecule has 0 atom stereocenters. The number of alkyl halides is 3. The largest absolute Gasteiger partial charge is 0.409 e. The van der Waals surface area contributed by atoms with Crippen molar-refractivity contribution in [3.05, 3.63) is 42.0 Å². The van der Waals surface area contributed by atoms with Crippen LogP contribution in [0.2, 0.25) is 0 Å². The second-order valence-corrected chi connectivity index (χ2v) is 5.61. The number of hydrogen-bond donors (Lipinski definition) is 1. The summed E-state index contributed by atoms with van der Waals surface area (Å²) in [5.74, 6) is -0.686. The first-order valence-electron chi connectivity index (χ1n) is 5.01. The zero-order valence-corrected chi connectivity index (χ0v) is 10.1. The Balaban J connectivity index is 2.83. The van der Waals surface area contributed by atoms with Crippen LogP contribution in [-0.4, -0.2) is 20.3 Å².